The average molecular weight is 296 g/mol. The molecule has 0 unspecified atom stereocenters. The Morgan fingerprint density at radius 2 is 2.00 bits per heavy atom. The number of aromatic nitrogens is 1. The molecule has 1 heterocycles. The molecule has 7 heteroatoms. The molecule has 0 aliphatic rings. The van der Waals surface area contributed by atoms with Gasteiger partial charge in [0.25, 0.3) is 0 Å². The predicted molar refractivity (Wildman–Crippen MR) is 83.9 cm³/mol. The maximum atomic E-state index is 11.0. The maximum Gasteiger partial charge on any atom is 0.311 e. The number of rotatable bonds is 11. The monoisotopic (exact) mass is 296 g/mol. The van der Waals surface area contributed by atoms with E-state index in [0.717, 1.165) is 32.4 Å². The van der Waals surface area contributed by atoms with Gasteiger partial charge in [0.2, 0.25) is 5.82 Å². The molecule has 0 saturated heterocycles. The number of nitrogens with zero attached hydrogens (tertiary/aromatic N) is 2. The number of ether oxygens (including phenoxy) is 1. The molecule has 0 fully saturated rings. The molecule has 2 N–H and O–H groups in total. The van der Waals surface area contributed by atoms with Crippen LogP contribution in [0.3, 0.4) is 0 Å². The summed E-state index contributed by atoms with van der Waals surface area (Å²) >= 11 is 0. The van der Waals surface area contributed by atoms with Crippen LogP contribution in [0.5, 0.6) is 0 Å². The average Bonchev–Trinajstić information content (AvgIpc) is 2.48. The lowest BCUT2D eigenvalue weighted by molar-refractivity contribution is -0.384. The third-order valence-corrected chi connectivity index (χ3v) is 2.73. The lowest BCUT2D eigenvalue weighted by atomic mass is 10.3. The van der Waals surface area contributed by atoms with E-state index in [2.05, 4.69) is 22.5 Å². The van der Waals surface area contributed by atoms with Crippen molar-refractivity contribution in [2.45, 2.75) is 33.1 Å². The Labute approximate surface area is 125 Å². The zero-order valence-electron chi connectivity index (χ0n) is 12.7. The Bertz CT molecular complexity index is 440. The summed E-state index contributed by atoms with van der Waals surface area (Å²) in [6.07, 6.45) is 2.74. The van der Waals surface area contributed by atoms with Gasteiger partial charge in [-0.3, -0.25) is 10.1 Å². The molecule has 7 nitrogen and oxygen atoms in total. The van der Waals surface area contributed by atoms with Crippen molar-refractivity contribution in [3.05, 3.63) is 22.2 Å². The molecule has 118 valence electrons. The minimum absolute atomic E-state index is 0.00785. The number of pyridine rings is 1. The van der Waals surface area contributed by atoms with Gasteiger partial charge in [-0.25, -0.2) is 4.98 Å². The van der Waals surface area contributed by atoms with Gasteiger partial charge in [-0.05, 0) is 25.3 Å². The first-order chi connectivity index (χ1) is 10.2. The van der Waals surface area contributed by atoms with Gasteiger partial charge in [-0.2, -0.15) is 0 Å². The van der Waals surface area contributed by atoms with E-state index >= 15 is 0 Å². The van der Waals surface area contributed by atoms with Crippen molar-refractivity contribution >= 4 is 17.3 Å². The summed E-state index contributed by atoms with van der Waals surface area (Å²) in [5, 5.41) is 17.1. The molecule has 21 heavy (non-hydrogen) atoms. The Morgan fingerprint density at radius 3 is 2.67 bits per heavy atom. The highest BCUT2D eigenvalue weighted by molar-refractivity contribution is 5.60. The molecule has 0 aliphatic carbocycles. The second-order valence-electron chi connectivity index (χ2n) is 4.64. The van der Waals surface area contributed by atoms with Crippen LogP contribution in [-0.4, -0.2) is 36.2 Å². The summed E-state index contributed by atoms with van der Waals surface area (Å²) < 4.78 is 5.37. The molecule has 0 atom stereocenters. The quantitative estimate of drug-likeness (QED) is 0.370. The number of nitrogens with one attached hydrogen (secondary N) is 2. The van der Waals surface area contributed by atoms with Gasteiger partial charge in [-0.1, -0.05) is 13.8 Å². The summed E-state index contributed by atoms with van der Waals surface area (Å²) in [6.45, 7) is 6.87. The van der Waals surface area contributed by atoms with E-state index in [1.54, 1.807) is 6.07 Å². The molecular formula is C14H24N4O3. The third-order valence-electron chi connectivity index (χ3n) is 2.73. The fraction of sp³-hybridized carbons (Fsp3) is 0.643. The number of nitro groups is 1. The van der Waals surface area contributed by atoms with Crippen LogP contribution in [0.25, 0.3) is 0 Å². The van der Waals surface area contributed by atoms with Crippen LogP contribution in [0.2, 0.25) is 0 Å². The van der Waals surface area contributed by atoms with Gasteiger partial charge in [0.1, 0.15) is 5.82 Å². The molecule has 1 aromatic heterocycles. The van der Waals surface area contributed by atoms with Gasteiger partial charge in [0, 0.05) is 32.4 Å². The number of hydrogen-bond acceptors (Lipinski definition) is 6. The highest BCUT2D eigenvalue weighted by atomic mass is 16.6. The van der Waals surface area contributed by atoms with Crippen molar-refractivity contribution in [3.8, 4) is 0 Å². The summed E-state index contributed by atoms with van der Waals surface area (Å²) in [5.74, 6) is 0.948. The molecule has 0 amide bonds. The molecule has 1 rings (SSSR count). The van der Waals surface area contributed by atoms with E-state index in [4.69, 9.17) is 4.74 Å². The van der Waals surface area contributed by atoms with Gasteiger partial charge in [-0.15, -0.1) is 0 Å². The van der Waals surface area contributed by atoms with E-state index < -0.39 is 4.92 Å². The minimum atomic E-state index is -0.424. The summed E-state index contributed by atoms with van der Waals surface area (Å²) in [7, 11) is 0. The first kappa shape index (κ1) is 17.2. The standard InChI is InChI=1S/C14H24N4O3/c1-3-8-15-13-7-6-12(18(19)20)14(17-13)16-9-5-11-21-10-4-2/h6-7H,3-5,8-11H2,1-2H3,(H2,15,16,17). The summed E-state index contributed by atoms with van der Waals surface area (Å²) in [4.78, 5) is 14.8. The van der Waals surface area contributed by atoms with Crippen LogP contribution >= 0.6 is 0 Å². The SMILES string of the molecule is CCCNc1ccc([N+](=O)[O-])c(NCCCOCCC)n1. The van der Waals surface area contributed by atoms with Gasteiger partial charge in [0.05, 0.1) is 4.92 Å². The van der Waals surface area contributed by atoms with Gasteiger partial charge >= 0.3 is 5.69 Å². The number of anilines is 2. The van der Waals surface area contributed by atoms with Crippen LogP contribution < -0.4 is 10.6 Å². The molecule has 0 radical (unpaired) electrons. The minimum Gasteiger partial charge on any atom is -0.381 e. The van der Waals surface area contributed by atoms with Crippen LogP contribution in [0.15, 0.2) is 12.1 Å². The molecular weight excluding hydrogens is 272 g/mol. The Morgan fingerprint density at radius 1 is 1.19 bits per heavy atom. The Kier molecular flexibility index (Phi) is 8.11. The predicted octanol–water partition coefficient (Wildman–Crippen LogP) is 3.04. The highest BCUT2D eigenvalue weighted by Crippen LogP contribution is 2.23. The lowest BCUT2D eigenvalue weighted by Gasteiger charge is -2.09. The second kappa shape index (κ2) is 9.93. The fourth-order valence-corrected chi connectivity index (χ4v) is 1.71. The van der Waals surface area contributed by atoms with Crippen LogP contribution in [0, 0.1) is 10.1 Å². The van der Waals surface area contributed by atoms with Gasteiger partial charge < -0.3 is 15.4 Å². The smallest absolute Gasteiger partial charge is 0.311 e. The van der Waals surface area contributed by atoms with Crippen LogP contribution in [0.1, 0.15) is 33.1 Å². The first-order valence-electron chi connectivity index (χ1n) is 7.40. The topological polar surface area (TPSA) is 89.3 Å². The van der Waals surface area contributed by atoms with E-state index in [1.165, 1.54) is 6.07 Å². The summed E-state index contributed by atoms with van der Waals surface area (Å²) in [6, 6.07) is 3.10. The van der Waals surface area contributed by atoms with E-state index in [9.17, 15) is 10.1 Å². The van der Waals surface area contributed by atoms with Crippen molar-refractivity contribution in [2.24, 2.45) is 0 Å². The molecule has 0 saturated carbocycles. The number of hydrogen-bond donors (Lipinski definition) is 2. The zero-order valence-corrected chi connectivity index (χ0v) is 12.7. The summed E-state index contributed by atoms with van der Waals surface area (Å²) in [5.41, 5.74) is -0.00785. The fourth-order valence-electron chi connectivity index (χ4n) is 1.71. The molecule has 0 spiro atoms. The van der Waals surface area contributed by atoms with Crippen LogP contribution in [0.4, 0.5) is 17.3 Å². The highest BCUT2D eigenvalue weighted by Gasteiger charge is 2.15. The first-order valence-corrected chi connectivity index (χ1v) is 7.40. The zero-order chi connectivity index (χ0) is 15.5. The molecule has 0 bridgehead atoms. The van der Waals surface area contributed by atoms with E-state index in [1.807, 2.05) is 6.92 Å². The van der Waals surface area contributed by atoms with Crippen molar-refractivity contribution in [1.82, 2.24) is 4.98 Å². The second-order valence-corrected chi connectivity index (χ2v) is 4.64. The Hall–Kier alpha value is -1.89. The normalized spacial score (nSPS) is 10.4. The maximum absolute atomic E-state index is 11.0. The van der Waals surface area contributed by atoms with Gasteiger partial charge in [0.15, 0.2) is 0 Å². The lowest BCUT2D eigenvalue weighted by Crippen LogP contribution is -2.10. The van der Waals surface area contributed by atoms with Crippen molar-refractivity contribution in [2.75, 3.05) is 36.9 Å². The van der Waals surface area contributed by atoms with E-state index in [-0.39, 0.29) is 5.69 Å². The van der Waals surface area contributed by atoms with Crippen molar-refractivity contribution < 1.29 is 9.66 Å². The molecule has 1 aromatic rings. The molecule has 0 aliphatic heterocycles. The van der Waals surface area contributed by atoms with Crippen molar-refractivity contribution in [3.63, 3.8) is 0 Å². The van der Waals surface area contributed by atoms with Crippen LogP contribution in [-0.2, 0) is 4.74 Å². The molecule has 0 aromatic carbocycles. The third kappa shape index (κ3) is 6.40. The Balaban J connectivity index is 2.57. The van der Waals surface area contributed by atoms with E-state index in [0.29, 0.717) is 24.8 Å². The van der Waals surface area contributed by atoms with Crippen molar-refractivity contribution in [1.29, 1.82) is 0 Å². The largest absolute Gasteiger partial charge is 0.381 e.